The number of benzene rings is 1. The number of anilines is 1. The zero-order valence-electron chi connectivity index (χ0n) is 10.2. The van der Waals surface area contributed by atoms with E-state index in [0.29, 0.717) is 12.3 Å². The van der Waals surface area contributed by atoms with E-state index in [-0.39, 0.29) is 5.91 Å². The van der Waals surface area contributed by atoms with Crippen LogP contribution in [0.3, 0.4) is 0 Å². The molecular formula is C12H13N5OS. The Morgan fingerprint density at radius 2 is 2.21 bits per heavy atom. The number of tetrazole rings is 1. The Morgan fingerprint density at radius 3 is 2.89 bits per heavy atom. The molecule has 1 aromatic carbocycles. The van der Waals surface area contributed by atoms with Gasteiger partial charge in [0.1, 0.15) is 6.33 Å². The smallest absolute Gasteiger partial charge is 0.227 e. The third-order valence-corrected chi connectivity index (χ3v) is 3.73. The molecule has 0 saturated carbocycles. The van der Waals surface area contributed by atoms with Crippen molar-refractivity contribution in [1.29, 1.82) is 0 Å². The van der Waals surface area contributed by atoms with E-state index >= 15 is 0 Å². The standard InChI is InChI=1S/C12H13N5OS/c18-12-4-9(7-19)6-16(12)10-2-1-3-11(5-10)17-8-13-14-15-17/h1-3,5,8-9,19H,4,6-7H2. The highest BCUT2D eigenvalue weighted by Gasteiger charge is 2.29. The molecule has 0 N–H and O–H groups in total. The summed E-state index contributed by atoms with van der Waals surface area (Å²) in [5, 5.41) is 11.1. The molecule has 0 aliphatic carbocycles. The van der Waals surface area contributed by atoms with Crippen LogP contribution in [0.4, 0.5) is 5.69 Å². The summed E-state index contributed by atoms with van der Waals surface area (Å²) in [6.07, 6.45) is 2.10. The van der Waals surface area contributed by atoms with E-state index < -0.39 is 0 Å². The molecule has 0 spiro atoms. The Balaban J connectivity index is 1.90. The molecule has 1 amide bonds. The van der Waals surface area contributed by atoms with Crippen LogP contribution in [0.5, 0.6) is 0 Å². The van der Waals surface area contributed by atoms with E-state index in [2.05, 4.69) is 28.2 Å². The van der Waals surface area contributed by atoms with Gasteiger partial charge in [0.2, 0.25) is 5.91 Å². The summed E-state index contributed by atoms with van der Waals surface area (Å²) in [4.78, 5) is 13.8. The quantitative estimate of drug-likeness (QED) is 0.847. The number of rotatable bonds is 3. The highest BCUT2D eigenvalue weighted by molar-refractivity contribution is 7.80. The van der Waals surface area contributed by atoms with Crippen LogP contribution in [0.1, 0.15) is 6.42 Å². The van der Waals surface area contributed by atoms with Gasteiger partial charge in [-0.3, -0.25) is 4.79 Å². The van der Waals surface area contributed by atoms with Gasteiger partial charge < -0.3 is 4.90 Å². The largest absolute Gasteiger partial charge is 0.312 e. The van der Waals surface area contributed by atoms with Crippen molar-refractivity contribution in [2.45, 2.75) is 6.42 Å². The molecule has 1 aromatic heterocycles. The van der Waals surface area contributed by atoms with Crippen LogP contribution in [-0.4, -0.2) is 38.4 Å². The molecule has 2 heterocycles. The molecule has 7 heteroatoms. The lowest BCUT2D eigenvalue weighted by atomic mass is 10.1. The van der Waals surface area contributed by atoms with Gasteiger partial charge >= 0.3 is 0 Å². The first-order valence-corrected chi connectivity index (χ1v) is 6.66. The predicted octanol–water partition coefficient (Wildman–Crippen LogP) is 0.945. The molecule has 3 rings (SSSR count). The second-order valence-corrected chi connectivity index (χ2v) is 4.90. The molecular weight excluding hydrogens is 262 g/mol. The molecule has 2 aromatic rings. The second kappa shape index (κ2) is 5.00. The number of nitrogens with zero attached hydrogens (tertiary/aromatic N) is 5. The Labute approximate surface area is 115 Å². The fourth-order valence-electron chi connectivity index (χ4n) is 2.24. The minimum absolute atomic E-state index is 0.146. The third-order valence-electron chi connectivity index (χ3n) is 3.22. The summed E-state index contributed by atoms with van der Waals surface area (Å²) in [7, 11) is 0. The van der Waals surface area contributed by atoms with Crippen LogP contribution in [0.15, 0.2) is 30.6 Å². The van der Waals surface area contributed by atoms with Gasteiger partial charge in [-0.05, 0) is 40.3 Å². The summed E-state index contributed by atoms with van der Waals surface area (Å²) in [5.41, 5.74) is 1.71. The summed E-state index contributed by atoms with van der Waals surface area (Å²) >= 11 is 4.27. The first-order chi connectivity index (χ1) is 9.28. The highest BCUT2D eigenvalue weighted by atomic mass is 32.1. The van der Waals surface area contributed by atoms with Crippen molar-refractivity contribution in [3.63, 3.8) is 0 Å². The van der Waals surface area contributed by atoms with Gasteiger partial charge in [0.25, 0.3) is 0 Å². The number of carbonyl (C=O) groups is 1. The van der Waals surface area contributed by atoms with Crippen LogP contribution in [0.25, 0.3) is 5.69 Å². The Kier molecular flexibility index (Phi) is 3.20. The van der Waals surface area contributed by atoms with Gasteiger partial charge in [-0.15, -0.1) is 5.10 Å². The monoisotopic (exact) mass is 275 g/mol. The first kappa shape index (κ1) is 12.2. The number of hydrogen-bond donors (Lipinski definition) is 1. The lowest BCUT2D eigenvalue weighted by Crippen LogP contribution is -2.24. The van der Waals surface area contributed by atoms with Crippen molar-refractivity contribution in [2.24, 2.45) is 5.92 Å². The maximum Gasteiger partial charge on any atom is 0.227 e. The molecule has 0 radical (unpaired) electrons. The normalized spacial score (nSPS) is 19.1. The fourth-order valence-corrected chi connectivity index (χ4v) is 2.48. The second-order valence-electron chi connectivity index (χ2n) is 4.53. The van der Waals surface area contributed by atoms with Crippen molar-refractivity contribution in [3.05, 3.63) is 30.6 Å². The first-order valence-electron chi connectivity index (χ1n) is 6.02. The minimum atomic E-state index is 0.146. The van der Waals surface area contributed by atoms with Gasteiger partial charge in [0.05, 0.1) is 5.69 Å². The van der Waals surface area contributed by atoms with Gasteiger partial charge in [-0.1, -0.05) is 6.07 Å². The lowest BCUT2D eigenvalue weighted by Gasteiger charge is -2.17. The van der Waals surface area contributed by atoms with Gasteiger partial charge in [-0.25, -0.2) is 4.68 Å². The van der Waals surface area contributed by atoms with Crippen molar-refractivity contribution in [2.75, 3.05) is 17.2 Å². The Hall–Kier alpha value is -1.89. The summed E-state index contributed by atoms with van der Waals surface area (Å²) in [6.45, 7) is 0.724. The lowest BCUT2D eigenvalue weighted by molar-refractivity contribution is -0.117. The molecule has 98 valence electrons. The number of aromatic nitrogens is 4. The molecule has 19 heavy (non-hydrogen) atoms. The van der Waals surface area contributed by atoms with Crippen molar-refractivity contribution in [1.82, 2.24) is 20.2 Å². The van der Waals surface area contributed by atoms with Crippen molar-refractivity contribution < 1.29 is 4.79 Å². The molecule has 1 saturated heterocycles. The van der Waals surface area contributed by atoms with Gasteiger partial charge in [0, 0.05) is 18.7 Å². The van der Waals surface area contributed by atoms with E-state index in [9.17, 15) is 4.79 Å². The van der Waals surface area contributed by atoms with E-state index in [1.807, 2.05) is 24.3 Å². The van der Waals surface area contributed by atoms with Crippen LogP contribution in [0, 0.1) is 5.92 Å². The van der Waals surface area contributed by atoms with Gasteiger partial charge in [0.15, 0.2) is 0 Å². The molecule has 1 atom stereocenters. The van der Waals surface area contributed by atoms with Crippen molar-refractivity contribution >= 4 is 24.2 Å². The van der Waals surface area contributed by atoms with Gasteiger partial charge in [-0.2, -0.15) is 12.6 Å². The zero-order chi connectivity index (χ0) is 13.2. The molecule has 1 aliphatic heterocycles. The Bertz CT molecular complexity index is 586. The molecule has 1 unspecified atom stereocenters. The van der Waals surface area contributed by atoms with E-state index in [1.165, 1.54) is 6.33 Å². The zero-order valence-corrected chi connectivity index (χ0v) is 11.1. The average molecular weight is 275 g/mol. The Morgan fingerprint density at radius 1 is 1.37 bits per heavy atom. The number of hydrogen-bond acceptors (Lipinski definition) is 5. The van der Waals surface area contributed by atoms with E-state index in [0.717, 1.165) is 23.7 Å². The number of thiol groups is 1. The van der Waals surface area contributed by atoms with Crippen LogP contribution >= 0.6 is 12.6 Å². The maximum atomic E-state index is 12.0. The third kappa shape index (κ3) is 2.33. The topological polar surface area (TPSA) is 63.9 Å². The average Bonchev–Trinajstić information content (AvgIpc) is 3.08. The predicted molar refractivity (Wildman–Crippen MR) is 73.5 cm³/mol. The van der Waals surface area contributed by atoms with Crippen LogP contribution in [0.2, 0.25) is 0 Å². The van der Waals surface area contributed by atoms with E-state index in [1.54, 1.807) is 9.58 Å². The summed E-state index contributed by atoms with van der Waals surface area (Å²) in [6, 6.07) is 7.63. The van der Waals surface area contributed by atoms with Crippen LogP contribution in [-0.2, 0) is 4.79 Å². The van der Waals surface area contributed by atoms with E-state index in [4.69, 9.17) is 0 Å². The minimum Gasteiger partial charge on any atom is -0.312 e. The molecule has 1 aliphatic rings. The number of carbonyl (C=O) groups excluding carboxylic acids is 1. The summed E-state index contributed by atoms with van der Waals surface area (Å²) in [5.74, 6) is 1.20. The molecule has 0 bridgehead atoms. The van der Waals surface area contributed by atoms with Crippen LogP contribution < -0.4 is 4.90 Å². The van der Waals surface area contributed by atoms with Crippen molar-refractivity contribution in [3.8, 4) is 5.69 Å². The number of amides is 1. The molecule has 1 fully saturated rings. The SMILES string of the molecule is O=C1CC(CS)CN1c1cccc(-n2cnnn2)c1. The molecule has 6 nitrogen and oxygen atoms in total. The highest BCUT2D eigenvalue weighted by Crippen LogP contribution is 2.26. The fraction of sp³-hybridized carbons (Fsp3) is 0.333. The maximum absolute atomic E-state index is 12.0. The summed E-state index contributed by atoms with van der Waals surface area (Å²) < 4.78 is 1.57.